The first-order valence-corrected chi connectivity index (χ1v) is 5.89. The second-order valence-electron chi connectivity index (χ2n) is 4.49. The molecule has 0 aromatic carbocycles. The van der Waals surface area contributed by atoms with Crippen molar-refractivity contribution in [2.45, 2.75) is 19.8 Å². The van der Waals surface area contributed by atoms with Gasteiger partial charge in [-0.05, 0) is 38.9 Å². The van der Waals surface area contributed by atoms with E-state index < -0.39 is 0 Å². The number of hydrogen-bond acceptors (Lipinski definition) is 3. The number of rotatable bonds is 0. The van der Waals surface area contributed by atoms with Crippen molar-refractivity contribution < 1.29 is 0 Å². The van der Waals surface area contributed by atoms with Crippen LogP contribution in [0.3, 0.4) is 0 Å². The van der Waals surface area contributed by atoms with Gasteiger partial charge in [0.05, 0.1) is 0 Å². The lowest BCUT2D eigenvalue weighted by Gasteiger charge is -2.21. The van der Waals surface area contributed by atoms with Gasteiger partial charge in [-0.3, -0.25) is 0 Å². The van der Waals surface area contributed by atoms with Crippen molar-refractivity contribution >= 4 is 0 Å². The molecule has 3 nitrogen and oxygen atoms in total. The molecule has 0 aromatic rings. The molecule has 2 N–H and O–H groups in total. The molecule has 0 radical (unpaired) electrons. The summed E-state index contributed by atoms with van der Waals surface area (Å²) in [5.74, 6) is 0.973. The maximum Gasteiger partial charge on any atom is 0.0104 e. The molecule has 2 saturated heterocycles. The number of nitrogens with zero attached hydrogens (tertiary/aromatic N) is 1. The van der Waals surface area contributed by atoms with Crippen LogP contribution in [0.2, 0.25) is 0 Å². The molecular weight excluding hydrogens is 174 g/mol. The zero-order valence-corrected chi connectivity index (χ0v) is 9.68. The molecule has 2 aliphatic rings. The summed E-state index contributed by atoms with van der Waals surface area (Å²) in [6.45, 7) is 9.54. The van der Waals surface area contributed by atoms with Crippen LogP contribution in [0, 0.1) is 5.92 Å². The van der Waals surface area contributed by atoms with Crippen molar-refractivity contribution in [3.05, 3.63) is 0 Å². The number of likely N-dealkylation sites (N-methyl/N-ethyl adjacent to an activating group) is 1. The van der Waals surface area contributed by atoms with Gasteiger partial charge < -0.3 is 15.5 Å². The van der Waals surface area contributed by atoms with Gasteiger partial charge in [0.25, 0.3) is 0 Å². The van der Waals surface area contributed by atoms with Crippen LogP contribution in [0.4, 0.5) is 0 Å². The second-order valence-corrected chi connectivity index (χ2v) is 4.49. The molecule has 0 atom stereocenters. The van der Waals surface area contributed by atoms with Gasteiger partial charge in [0, 0.05) is 26.2 Å². The number of piperidine rings is 1. The first kappa shape index (κ1) is 12.0. The summed E-state index contributed by atoms with van der Waals surface area (Å²) in [7, 11) is 2.15. The first-order chi connectivity index (χ1) is 6.79. The van der Waals surface area contributed by atoms with E-state index in [4.69, 9.17) is 0 Å². The highest BCUT2D eigenvalue weighted by molar-refractivity contribution is 4.63. The molecule has 0 unspecified atom stereocenters. The molecule has 84 valence electrons. The Hall–Kier alpha value is -0.120. The summed E-state index contributed by atoms with van der Waals surface area (Å²) < 4.78 is 0. The minimum atomic E-state index is 0.973. The lowest BCUT2D eigenvalue weighted by molar-refractivity contribution is 0.291. The monoisotopic (exact) mass is 199 g/mol. The molecule has 0 spiro atoms. The molecule has 2 aliphatic heterocycles. The van der Waals surface area contributed by atoms with Crippen LogP contribution in [0.25, 0.3) is 0 Å². The third kappa shape index (κ3) is 5.58. The summed E-state index contributed by atoms with van der Waals surface area (Å²) in [4.78, 5) is 2.33. The molecule has 14 heavy (non-hydrogen) atoms. The van der Waals surface area contributed by atoms with Gasteiger partial charge in [-0.15, -0.1) is 0 Å². The maximum atomic E-state index is 3.32. The number of hydrogen-bond donors (Lipinski definition) is 2. The van der Waals surface area contributed by atoms with E-state index in [-0.39, 0.29) is 0 Å². The van der Waals surface area contributed by atoms with E-state index in [1.54, 1.807) is 0 Å². The summed E-state index contributed by atoms with van der Waals surface area (Å²) in [5, 5.41) is 6.59. The van der Waals surface area contributed by atoms with Crippen molar-refractivity contribution in [2.75, 3.05) is 46.3 Å². The molecule has 2 heterocycles. The van der Waals surface area contributed by atoms with Crippen molar-refractivity contribution in [3.8, 4) is 0 Å². The topological polar surface area (TPSA) is 27.3 Å². The van der Waals surface area contributed by atoms with Crippen molar-refractivity contribution in [2.24, 2.45) is 5.92 Å². The van der Waals surface area contributed by atoms with E-state index >= 15 is 0 Å². The van der Waals surface area contributed by atoms with E-state index in [2.05, 4.69) is 29.5 Å². The summed E-state index contributed by atoms with van der Waals surface area (Å²) in [5.41, 5.74) is 0. The molecule has 0 bridgehead atoms. The Morgan fingerprint density at radius 1 is 0.929 bits per heavy atom. The van der Waals surface area contributed by atoms with E-state index in [9.17, 15) is 0 Å². The molecule has 2 fully saturated rings. The predicted molar refractivity (Wildman–Crippen MR) is 61.6 cm³/mol. The van der Waals surface area contributed by atoms with Crippen molar-refractivity contribution in [3.63, 3.8) is 0 Å². The minimum absolute atomic E-state index is 0.973. The van der Waals surface area contributed by atoms with Gasteiger partial charge >= 0.3 is 0 Å². The van der Waals surface area contributed by atoms with E-state index in [1.807, 2.05) is 0 Å². The van der Waals surface area contributed by atoms with Gasteiger partial charge in [-0.2, -0.15) is 0 Å². The Bertz CT molecular complexity index is 110. The largest absolute Gasteiger partial charge is 0.317 e. The summed E-state index contributed by atoms with van der Waals surface area (Å²) in [6, 6.07) is 0. The van der Waals surface area contributed by atoms with Crippen LogP contribution in [-0.4, -0.2) is 51.2 Å². The first-order valence-electron chi connectivity index (χ1n) is 5.89. The third-order valence-corrected chi connectivity index (χ3v) is 2.97. The van der Waals surface area contributed by atoms with Gasteiger partial charge in [0.1, 0.15) is 0 Å². The average Bonchev–Trinajstić information content (AvgIpc) is 2.21. The van der Waals surface area contributed by atoms with Gasteiger partial charge in [0.15, 0.2) is 0 Å². The normalized spacial score (nSPS) is 25.3. The zero-order valence-electron chi connectivity index (χ0n) is 9.68. The lowest BCUT2D eigenvalue weighted by atomic mass is 10.0. The van der Waals surface area contributed by atoms with Gasteiger partial charge in [-0.25, -0.2) is 0 Å². The van der Waals surface area contributed by atoms with Crippen molar-refractivity contribution in [1.29, 1.82) is 0 Å². The Kier molecular flexibility index (Phi) is 6.15. The standard InChI is InChI=1S/C6H13N.C5H12N2/c1-6-2-4-7-5-3-6;1-7-4-2-6-3-5-7/h6-7H,2-5H2,1H3;6H,2-5H2,1H3. The smallest absolute Gasteiger partial charge is 0.0104 e. The van der Waals surface area contributed by atoms with Gasteiger partial charge in [-0.1, -0.05) is 6.92 Å². The molecule has 2 rings (SSSR count). The van der Waals surface area contributed by atoms with Gasteiger partial charge in [0.2, 0.25) is 0 Å². The Morgan fingerprint density at radius 3 is 1.71 bits per heavy atom. The lowest BCUT2D eigenvalue weighted by Crippen LogP contribution is -2.40. The Morgan fingerprint density at radius 2 is 1.43 bits per heavy atom. The maximum absolute atomic E-state index is 3.32. The SMILES string of the molecule is CC1CCNCC1.CN1CCNCC1. The third-order valence-electron chi connectivity index (χ3n) is 2.97. The fourth-order valence-electron chi connectivity index (χ4n) is 1.74. The molecule has 0 aromatic heterocycles. The number of nitrogens with one attached hydrogen (secondary N) is 2. The van der Waals surface area contributed by atoms with E-state index in [0.29, 0.717) is 0 Å². The predicted octanol–water partition coefficient (Wildman–Crippen LogP) is 0.527. The number of piperazine rings is 1. The van der Waals surface area contributed by atoms with E-state index in [0.717, 1.165) is 19.0 Å². The molecule has 3 heteroatoms. The van der Waals surface area contributed by atoms with Crippen LogP contribution in [0.15, 0.2) is 0 Å². The fourth-order valence-corrected chi connectivity index (χ4v) is 1.74. The van der Waals surface area contributed by atoms with Crippen molar-refractivity contribution in [1.82, 2.24) is 15.5 Å². The highest BCUT2D eigenvalue weighted by Gasteiger charge is 2.05. The highest BCUT2D eigenvalue weighted by atomic mass is 15.2. The molecule has 0 aliphatic carbocycles. The van der Waals surface area contributed by atoms with Crippen LogP contribution < -0.4 is 10.6 Å². The van der Waals surface area contributed by atoms with Crippen LogP contribution in [0.5, 0.6) is 0 Å². The molecular formula is C11H25N3. The zero-order chi connectivity index (χ0) is 10.2. The summed E-state index contributed by atoms with van der Waals surface area (Å²) >= 11 is 0. The average molecular weight is 199 g/mol. The van der Waals surface area contributed by atoms with E-state index in [1.165, 1.54) is 39.0 Å². The summed E-state index contributed by atoms with van der Waals surface area (Å²) in [6.07, 6.45) is 2.75. The van der Waals surface area contributed by atoms with Crippen LogP contribution in [0.1, 0.15) is 19.8 Å². The second kappa shape index (κ2) is 7.21. The Balaban J connectivity index is 0.000000140. The molecule has 0 saturated carbocycles. The van der Waals surface area contributed by atoms with Crippen LogP contribution in [-0.2, 0) is 0 Å². The molecule has 0 amide bonds. The van der Waals surface area contributed by atoms with Crippen LogP contribution >= 0.6 is 0 Å². The minimum Gasteiger partial charge on any atom is -0.317 e. The Labute approximate surface area is 88.2 Å². The highest BCUT2D eigenvalue weighted by Crippen LogP contribution is 2.08. The quantitative estimate of drug-likeness (QED) is 0.596. The fraction of sp³-hybridized carbons (Fsp3) is 1.00.